The van der Waals surface area contributed by atoms with E-state index < -0.39 is 0 Å². The van der Waals surface area contributed by atoms with Crippen LogP contribution >= 0.6 is 0 Å². The minimum absolute atomic E-state index is 0.0582. The third-order valence-corrected chi connectivity index (χ3v) is 2.65. The Morgan fingerprint density at radius 2 is 1.93 bits per heavy atom. The van der Waals surface area contributed by atoms with Crippen molar-refractivity contribution in [3.8, 4) is 5.75 Å². The molecule has 0 aliphatic heterocycles. The maximum atomic E-state index is 5.35. The lowest BCUT2D eigenvalue weighted by atomic mass is 9.92. The number of benzene rings is 1. The Hall–Kier alpha value is -1.02. The fourth-order valence-corrected chi connectivity index (χ4v) is 1.44. The molecule has 0 heterocycles. The highest BCUT2D eigenvalue weighted by atomic mass is 16.5. The van der Waals surface area contributed by atoms with Crippen LogP contribution in [-0.4, -0.2) is 14.2 Å². The zero-order chi connectivity index (χ0) is 10.8. The van der Waals surface area contributed by atoms with Crippen LogP contribution in [0.2, 0.25) is 0 Å². The van der Waals surface area contributed by atoms with Gasteiger partial charge in [0.15, 0.2) is 0 Å². The summed E-state index contributed by atoms with van der Waals surface area (Å²) in [7, 11) is 3.67. The second kappa shape index (κ2) is 4.01. The Labute approximate surface area is 86.3 Å². The lowest BCUT2D eigenvalue weighted by Gasteiger charge is -2.27. The molecule has 0 amide bonds. The monoisotopic (exact) mass is 193 g/mol. The molecule has 0 atom stereocenters. The van der Waals surface area contributed by atoms with E-state index in [1.807, 2.05) is 13.1 Å². The van der Waals surface area contributed by atoms with Gasteiger partial charge >= 0.3 is 0 Å². The third kappa shape index (κ3) is 2.07. The third-order valence-electron chi connectivity index (χ3n) is 2.65. The van der Waals surface area contributed by atoms with E-state index in [1.54, 1.807) is 7.11 Å². The summed E-state index contributed by atoms with van der Waals surface area (Å²) in [5.74, 6) is 0.940. The Morgan fingerprint density at radius 3 is 2.43 bits per heavy atom. The number of nitrogens with one attached hydrogen (secondary N) is 1. The molecule has 1 N–H and O–H groups in total. The number of ether oxygens (including phenoxy) is 1. The number of hydrogen-bond donors (Lipinski definition) is 1. The molecule has 78 valence electrons. The van der Waals surface area contributed by atoms with Gasteiger partial charge in [-0.25, -0.2) is 0 Å². The SMILES string of the molecule is CNC(C)(C)c1cc(C)ccc1OC. The average Bonchev–Trinajstić information content (AvgIpc) is 2.18. The predicted octanol–water partition coefficient (Wildman–Crippen LogP) is 2.46. The molecule has 0 radical (unpaired) electrons. The number of aryl methyl sites for hydroxylation is 1. The molecule has 2 heteroatoms. The zero-order valence-electron chi connectivity index (χ0n) is 9.64. The maximum Gasteiger partial charge on any atom is 0.123 e. The normalized spacial score (nSPS) is 11.5. The highest BCUT2D eigenvalue weighted by Crippen LogP contribution is 2.29. The first-order chi connectivity index (χ1) is 6.51. The topological polar surface area (TPSA) is 21.3 Å². The zero-order valence-corrected chi connectivity index (χ0v) is 9.64. The number of methoxy groups -OCH3 is 1. The van der Waals surface area contributed by atoms with Crippen molar-refractivity contribution in [1.82, 2.24) is 5.32 Å². The Morgan fingerprint density at radius 1 is 1.29 bits per heavy atom. The van der Waals surface area contributed by atoms with E-state index in [1.165, 1.54) is 11.1 Å². The maximum absolute atomic E-state index is 5.35. The van der Waals surface area contributed by atoms with Gasteiger partial charge in [0.1, 0.15) is 5.75 Å². The van der Waals surface area contributed by atoms with Crippen molar-refractivity contribution < 1.29 is 4.74 Å². The summed E-state index contributed by atoms with van der Waals surface area (Å²) in [6.07, 6.45) is 0. The Balaban J connectivity index is 3.23. The van der Waals surface area contributed by atoms with Crippen LogP contribution in [0.25, 0.3) is 0 Å². The van der Waals surface area contributed by atoms with E-state index in [0.717, 1.165) is 5.75 Å². The van der Waals surface area contributed by atoms with Crippen LogP contribution in [0, 0.1) is 6.92 Å². The molecule has 0 unspecified atom stereocenters. The smallest absolute Gasteiger partial charge is 0.123 e. The predicted molar refractivity (Wildman–Crippen MR) is 59.8 cm³/mol. The van der Waals surface area contributed by atoms with Crippen LogP contribution in [0.4, 0.5) is 0 Å². The largest absolute Gasteiger partial charge is 0.496 e. The summed E-state index contributed by atoms with van der Waals surface area (Å²) in [6.45, 7) is 6.38. The van der Waals surface area contributed by atoms with Crippen molar-refractivity contribution in [1.29, 1.82) is 0 Å². The first kappa shape index (κ1) is 11.1. The molecule has 0 saturated carbocycles. The van der Waals surface area contributed by atoms with Crippen molar-refractivity contribution in [2.75, 3.05) is 14.2 Å². The molecule has 1 aromatic carbocycles. The standard InChI is InChI=1S/C12H19NO/c1-9-6-7-11(14-5)10(8-9)12(2,3)13-4/h6-8,13H,1-5H3. The van der Waals surface area contributed by atoms with E-state index in [4.69, 9.17) is 4.74 Å². The minimum Gasteiger partial charge on any atom is -0.496 e. The van der Waals surface area contributed by atoms with E-state index in [2.05, 4.69) is 38.2 Å². The lowest BCUT2D eigenvalue weighted by Crippen LogP contribution is -2.33. The number of hydrogen-bond acceptors (Lipinski definition) is 2. The van der Waals surface area contributed by atoms with Crippen molar-refractivity contribution in [3.63, 3.8) is 0 Å². The summed E-state index contributed by atoms with van der Waals surface area (Å²) < 4.78 is 5.35. The first-order valence-electron chi connectivity index (χ1n) is 4.85. The van der Waals surface area contributed by atoms with Crippen LogP contribution in [0.3, 0.4) is 0 Å². The average molecular weight is 193 g/mol. The highest BCUT2D eigenvalue weighted by molar-refractivity contribution is 5.41. The van der Waals surface area contributed by atoms with E-state index in [9.17, 15) is 0 Å². The van der Waals surface area contributed by atoms with Gasteiger partial charge in [-0.3, -0.25) is 0 Å². The summed E-state index contributed by atoms with van der Waals surface area (Å²) in [5.41, 5.74) is 2.39. The van der Waals surface area contributed by atoms with Crippen LogP contribution in [-0.2, 0) is 5.54 Å². The van der Waals surface area contributed by atoms with Gasteiger partial charge in [-0.2, -0.15) is 0 Å². The van der Waals surface area contributed by atoms with Gasteiger partial charge in [0.25, 0.3) is 0 Å². The summed E-state index contributed by atoms with van der Waals surface area (Å²) in [5, 5.41) is 3.28. The molecule has 14 heavy (non-hydrogen) atoms. The highest BCUT2D eigenvalue weighted by Gasteiger charge is 2.21. The molecule has 0 fully saturated rings. The molecule has 2 nitrogen and oxygen atoms in total. The fraction of sp³-hybridized carbons (Fsp3) is 0.500. The molecule has 0 aromatic heterocycles. The van der Waals surface area contributed by atoms with Gasteiger partial charge in [-0.05, 0) is 33.9 Å². The van der Waals surface area contributed by atoms with Gasteiger partial charge in [0.2, 0.25) is 0 Å². The van der Waals surface area contributed by atoms with E-state index in [0.29, 0.717) is 0 Å². The van der Waals surface area contributed by atoms with E-state index in [-0.39, 0.29) is 5.54 Å². The van der Waals surface area contributed by atoms with Crippen molar-refractivity contribution in [2.24, 2.45) is 0 Å². The van der Waals surface area contributed by atoms with Gasteiger partial charge in [0, 0.05) is 11.1 Å². The van der Waals surface area contributed by atoms with Crippen LogP contribution in [0.5, 0.6) is 5.75 Å². The Bertz CT molecular complexity index is 318. The minimum atomic E-state index is -0.0582. The van der Waals surface area contributed by atoms with E-state index >= 15 is 0 Å². The van der Waals surface area contributed by atoms with Crippen molar-refractivity contribution in [3.05, 3.63) is 29.3 Å². The van der Waals surface area contributed by atoms with Crippen molar-refractivity contribution >= 4 is 0 Å². The Kier molecular flexibility index (Phi) is 3.17. The second-order valence-corrected chi connectivity index (χ2v) is 4.08. The quantitative estimate of drug-likeness (QED) is 0.796. The van der Waals surface area contributed by atoms with Crippen molar-refractivity contribution in [2.45, 2.75) is 26.3 Å². The fourth-order valence-electron chi connectivity index (χ4n) is 1.44. The summed E-state index contributed by atoms with van der Waals surface area (Å²) in [4.78, 5) is 0. The molecule has 1 aromatic rings. The molecule has 1 rings (SSSR count). The van der Waals surface area contributed by atoms with Gasteiger partial charge in [0.05, 0.1) is 7.11 Å². The molecule has 0 saturated heterocycles. The molecular formula is C12H19NO. The molecule has 0 aliphatic carbocycles. The van der Waals surface area contributed by atoms with Gasteiger partial charge in [-0.1, -0.05) is 17.7 Å². The molecule has 0 spiro atoms. The molecule has 0 bridgehead atoms. The summed E-state index contributed by atoms with van der Waals surface area (Å²) >= 11 is 0. The second-order valence-electron chi connectivity index (χ2n) is 4.08. The summed E-state index contributed by atoms with van der Waals surface area (Å²) in [6, 6.07) is 6.24. The number of rotatable bonds is 3. The van der Waals surface area contributed by atoms with Crippen LogP contribution in [0.1, 0.15) is 25.0 Å². The van der Waals surface area contributed by atoms with Crippen LogP contribution in [0.15, 0.2) is 18.2 Å². The lowest BCUT2D eigenvalue weighted by molar-refractivity contribution is 0.375. The van der Waals surface area contributed by atoms with Gasteiger partial charge in [-0.15, -0.1) is 0 Å². The molecular weight excluding hydrogens is 174 g/mol. The molecule has 0 aliphatic rings. The first-order valence-corrected chi connectivity index (χ1v) is 4.85. The van der Waals surface area contributed by atoms with Crippen LogP contribution < -0.4 is 10.1 Å². The van der Waals surface area contributed by atoms with Gasteiger partial charge < -0.3 is 10.1 Å².